The van der Waals surface area contributed by atoms with Gasteiger partial charge in [0.05, 0.1) is 5.60 Å². The van der Waals surface area contributed by atoms with Gasteiger partial charge >= 0.3 is 0 Å². The van der Waals surface area contributed by atoms with E-state index in [0.717, 1.165) is 18.6 Å². The summed E-state index contributed by atoms with van der Waals surface area (Å²) >= 11 is 0. The van der Waals surface area contributed by atoms with Crippen molar-refractivity contribution in [2.75, 3.05) is 46.4 Å². The molecule has 4 nitrogen and oxygen atoms in total. The summed E-state index contributed by atoms with van der Waals surface area (Å²) in [5, 5.41) is 3.69. The fraction of sp³-hybridized carbons (Fsp3) is 1.00. The van der Waals surface area contributed by atoms with Crippen LogP contribution in [0.2, 0.25) is 0 Å². The Morgan fingerprint density at radius 3 is 2.55 bits per heavy atom. The molecule has 5 aliphatic rings. The predicted molar refractivity (Wildman–Crippen MR) is 79.9 cm³/mol. The molecular weight excluding hydrogens is 250 g/mol. The van der Waals surface area contributed by atoms with Crippen LogP contribution in [0.5, 0.6) is 0 Å². The van der Waals surface area contributed by atoms with Gasteiger partial charge in [-0.25, -0.2) is 0 Å². The summed E-state index contributed by atoms with van der Waals surface area (Å²) in [7, 11) is 2.17. The zero-order chi connectivity index (χ0) is 13.6. The smallest absolute Gasteiger partial charge is 0.0685 e. The normalized spacial score (nSPS) is 44.2. The van der Waals surface area contributed by atoms with Crippen molar-refractivity contribution >= 4 is 0 Å². The van der Waals surface area contributed by atoms with Gasteiger partial charge in [-0.2, -0.15) is 0 Å². The summed E-state index contributed by atoms with van der Waals surface area (Å²) in [5.74, 6) is 0.805. The Hall–Kier alpha value is -0.160. The van der Waals surface area contributed by atoms with E-state index in [4.69, 9.17) is 4.74 Å². The molecule has 0 aromatic heterocycles. The summed E-state index contributed by atoms with van der Waals surface area (Å²) in [6, 6.07) is 1.38. The number of fused-ring (bicyclic) bond motifs is 3. The Bertz CT molecular complexity index is 350. The van der Waals surface area contributed by atoms with Crippen LogP contribution >= 0.6 is 0 Å². The van der Waals surface area contributed by atoms with Gasteiger partial charge in [0.1, 0.15) is 0 Å². The molecule has 4 saturated heterocycles. The molecule has 20 heavy (non-hydrogen) atoms. The molecule has 3 atom stereocenters. The summed E-state index contributed by atoms with van der Waals surface area (Å²) in [6.07, 6.45) is 6.53. The molecule has 0 radical (unpaired) electrons. The molecule has 4 aliphatic heterocycles. The molecule has 2 bridgehead atoms. The lowest BCUT2D eigenvalue weighted by molar-refractivity contribution is -0.152. The van der Waals surface area contributed by atoms with E-state index >= 15 is 0 Å². The largest absolute Gasteiger partial charge is 0.375 e. The van der Waals surface area contributed by atoms with Crippen LogP contribution in [0, 0.1) is 5.92 Å². The average Bonchev–Trinajstić information content (AvgIpc) is 2.48. The van der Waals surface area contributed by atoms with Gasteiger partial charge in [-0.05, 0) is 45.1 Å². The Morgan fingerprint density at radius 1 is 1.20 bits per heavy atom. The Balaban J connectivity index is 1.47. The van der Waals surface area contributed by atoms with Crippen LogP contribution in [-0.4, -0.2) is 73.9 Å². The first-order valence-corrected chi connectivity index (χ1v) is 8.57. The Labute approximate surface area is 122 Å². The Morgan fingerprint density at radius 2 is 2.00 bits per heavy atom. The van der Waals surface area contributed by atoms with Crippen molar-refractivity contribution in [1.82, 2.24) is 15.1 Å². The van der Waals surface area contributed by atoms with E-state index in [1.165, 1.54) is 64.8 Å². The maximum Gasteiger partial charge on any atom is 0.0685 e. The zero-order valence-corrected chi connectivity index (χ0v) is 12.8. The van der Waals surface area contributed by atoms with Crippen LogP contribution in [0.4, 0.5) is 0 Å². The first-order chi connectivity index (χ1) is 9.80. The van der Waals surface area contributed by atoms with Crippen molar-refractivity contribution in [3.8, 4) is 0 Å². The number of piperazine rings is 3. The van der Waals surface area contributed by atoms with Crippen LogP contribution < -0.4 is 5.32 Å². The third-order valence-electron chi connectivity index (χ3n) is 6.37. The van der Waals surface area contributed by atoms with E-state index in [0.29, 0.717) is 6.04 Å². The second kappa shape index (κ2) is 5.24. The monoisotopic (exact) mass is 279 g/mol. The minimum atomic E-state index is 0.279. The summed E-state index contributed by atoms with van der Waals surface area (Å²) in [4.78, 5) is 5.40. The summed E-state index contributed by atoms with van der Waals surface area (Å²) < 4.78 is 6.12. The van der Waals surface area contributed by atoms with Gasteiger partial charge in [-0.3, -0.25) is 9.80 Å². The minimum Gasteiger partial charge on any atom is -0.375 e. The molecule has 3 unspecified atom stereocenters. The maximum atomic E-state index is 6.12. The molecule has 1 aliphatic carbocycles. The number of nitrogens with zero attached hydrogens (tertiary/aromatic N) is 2. The van der Waals surface area contributed by atoms with Crippen molar-refractivity contribution in [3.05, 3.63) is 0 Å². The van der Waals surface area contributed by atoms with Crippen LogP contribution in [0.3, 0.4) is 0 Å². The maximum absolute atomic E-state index is 6.12. The standard InChI is InChI=1S/C16H29N3O/c1-17-15(14-12-18-6-8-19(14)9-7-18)13-3-10-20-16(11-13)4-2-5-16/h13-15,17H,2-12H2,1H3. The van der Waals surface area contributed by atoms with Gasteiger partial charge in [0, 0.05) is 51.4 Å². The van der Waals surface area contributed by atoms with Crippen molar-refractivity contribution in [1.29, 1.82) is 0 Å². The summed E-state index contributed by atoms with van der Waals surface area (Å²) in [6.45, 7) is 7.37. The van der Waals surface area contributed by atoms with E-state index in [-0.39, 0.29) is 5.60 Å². The molecule has 114 valence electrons. The SMILES string of the molecule is CNC(C1CCOC2(CCC2)C1)C1CN2CCN1CC2. The van der Waals surface area contributed by atoms with Gasteiger partial charge in [0.2, 0.25) is 0 Å². The highest BCUT2D eigenvalue weighted by molar-refractivity contribution is 5.02. The van der Waals surface area contributed by atoms with Crippen LogP contribution in [0.15, 0.2) is 0 Å². The van der Waals surface area contributed by atoms with Crippen molar-refractivity contribution in [3.63, 3.8) is 0 Å². The van der Waals surface area contributed by atoms with Gasteiger partial charge in [-0.1, -0.05) is 0 Å². The third kappa shape index (κ3) is 2.21. The lowest BCUT2D eigenvalue weighted by Gasteiger charge is -2.54. The number of ether oxygens (including phenoxy) is 1. The van der Waals surface area contributed by atoms with Gasteiger partial charge in [0.25, 0.3) is 0 Å². The lowest BCUT2D eigenvalue weighted by Crippen LogP contribution is -2.68. The van der Waals surface area contributed by atoms with Crippen molar-refractivity contribution < 1.29 is 4.74 Å². The van der Waals surface area contributed by atoms with Crippen LogP contribution in [-0.2, 0) is 4.74 Å². The van der Waals surface area contributed by atoms with Crippen LogP contribution in [0.25, 0.3) is 0 Å². The number of likely N-dealkylation sites (N-methyl/N-ethyl adjacent to an activating group) is 1. The first kappa shape index (κ1) is 13.5. The highest BCUT2D eigenvalue weighted by atomic mass is 16.5. The van der Waals surface area contributed by atoms with E-state index in [1.807, 2.05) is 0 Å². The topological polar surface area (TPSA) is 27.7 Å². The number of nitrogens with one attached hydrogen (secondary N) is 1. The minimum absolute atomic E-state index is 0.279. The fourth-order valence-electron chi connectivity index (χ4n) is 5.03. The molecule has 4 heterocycles. The second-order valence-electron chi connectivity index (χ2n) is 7.36. The fourth-order valence-corrected chi connectivity index (χ4v) is 5.03. The molecule has 1 N–H and O–H groups in total. The molecule has 1 saturated carbocycles. The summed E-state index contributed by atoms with van der Waals surface area (Å²) in [5.41, 5.74) is 0.279. The van der Waals surface area contributed by atoms with Gasteiger partial charge < -0.3 is 10.1 Å². The Kier molecular flexibility index (Phi) is 3.53. The molecule has 0 amide bonds. The predicted octanol–water partition coefficient (Wildman–Crippen LogP) is 0.924. The lowest BCUT2D eigenvalue weighted by atomic mass is 9.69. The quantitative estimate of drug-likeness (QED) is 0.831. The molecule has 5 fully saturated rings. The molecule has 5 rings (SSSR count). The molecule has 1 spiro atoms. The van der Waals surface area contributed by atoms with Gasteiger partial charge in [0.15, 0.2) is 0 Å². The second-order valence-corrected chi connectivity index (χ2v) is 7.36. The zero-order valence-electron chi connectivity index (χ0n) is 12.8. The van der Waals surface area contributed by atoms with Crippen molar-refractivity contribution in [2.24, 2.45) is 5.92 Å². The average molecular weight is 279 g/mol. The van der Waals surface area contributed by atoms with E-state index in [9.17, 15) is 0 Å². The highest BCUT2D eigenvalue weighted by Gasteiger charge is 2.47. The van der Waals surface area contributed by atoms with Crippen LogP contribution in [0.1, 0.15) is 32.1 Å². The molecule has 0 aromatic rings. The molecule has 0 aromatic carbocycles. The number of hydrogen-bond donors (Lipinski definition) is 1. The third-order valence-corrected chi connectivity index (χ3v) is 6.37. The van der Waals surface area contributed by atoms with E-state index in [2.05, 4.69) is 22.2 Å². The van der Waals surface area contributed by atoms with E-state index < -0.39 is 0 Å². The first-order valence-electron chi connectivity index (χ1n) is 8.57. The van der Waals surface area contributed by atoms with Crippen molar-refractivity contribution in [2.45, 2.75) is 49.8 Å². The van der Waals surface area contributed by atoms with E-state index in [1.54, 1.807) is 0 Å². The number of rotatable bonds is 3. The highest BCUT2D eigenvalue weighted by Crippen LogP contribution is 2.45. The molecular formula is C16H29N3O. The number of hydrogen-bond acceptors (Lipinski definition) is 4. The van der Waals surface area contributed by atoms with Gasteiger partial charge in [-0.15, -0.1) is 0 Å². The molecule has 4 heteroatoms.